The average Bonchev–Trinajstić information content (AvgIpc) is 3.42. The smallest absolute Gasteiger partial charge is 0.226 e. The maximum atomic E-state index is 13.7. The summed E-state index contributed by atoms with van der Waals surface area (Å²) in [6, 6.07) is 7.74. The van der Waals surface area contributed by atoms with E-state index in [0.717, 1.165) is 11.3 Å². The third-order valence-electron chi connectivity index (χ3n) is 8.68. The van der Waals surface area contributed by atoms with Crippen LogP contribution in [0.5, 0.6) is 5.75 Å². The first-order valence-corrected chi connectivity index (χ1v) is 18.7. The number of methoxy groups -OCH3 is 1. The molecule has 0 unspecified atom stereocenters. The Bertz CT molecular complexity index is 1020. The van der Waals surface area contributed by atoms with Crippen molar-refractivity contribution in [2.24, 2.45) is 5.41 Å². The zero-order valence-corrected chi connectivity index (χ0v) is 28.9. The molecule has 40 heavy (non-hydrogen) atoms. The largest absolute Gasteiger partial charge is 0.497 e. The maximum Gasteiger partial charge on any atom is 0.226 e. The lowest BCUT2D eigenvalue weighted by molar-refractivity contribution is -0.132. The van der Waals surface area contributed by atoms with Gasteiger partial charge in [0.05, 0.1) is 25.2 Å². The highest BCUT2D eigenvalue weighted by Crippen LogP contribution is 2.45. The second-order valence-electron chi connectivity index (χ2n) is 13.9. The fourth-order valence-corrected chi connectivity index (χ4v) is 8.17. The molecular formula is C31H51NO5S2Si. The molecule has 3 rings (SSSR count). The van der Waals surface area contributed by atoms with Crippen molar-refractivity contribution in [1.29, 1.82) is 0 Å². The van der Waals surface area contributed by atoms with Gasteiger partial charge in [0, 0.05) is 17.4 Å². The number of carbonyl (C=O) groups is 1. The van der Waals surface area contributed by atoms with Crippen LogP contribution < -0.4 is 4.74 Å². The minimum atomic E-state index is -2.14. The Morgan fingerprint density at radius 1 is 1.25 bits per heavy atom. The summed E-state index contributed by atoms with van der Waals surface area (Å²) in [6.45, 7) is 24.7. The van der Waals surface area contributed by atoms with E-state index < -0.39 is 20.2 Å². The van der Waals surface area contributed by atoms with Gasteiger partial charge in [0.1, 0.15) is 16.6 Å². The number of rotatable bonds is 10. The Balaban J connectivity index is 1.76. The van der Waals surface area contributed by atoms with Crippen LogP contribution in [-0.2, 0) is 18.7 Å². The molecule has 9 heteroatoms. The molecule has 2 aliphatic rings. The normalized spacial score (nSPS) is 28.5. The zero-order valence-electron chi connectivity index (χ0n) is 26.2. The van der Waals surface area contributed by atoms with Crippen molar-refractivity contribution in [1.82, 2.24) is 4.90 Å². The Hall–Kier alpha value is -0.973. The van der Waals surface area contributed by atoms with E-state index in [9.17, 15) is 4.79 Å². The Morgan fingerprint density at radius 3 is 2.38 bits per heavy atom. The number of benzene rings is 1. The van der Waals surface area contributed by atoms with E-state index in [-0.39, 0.29) is 33.3 Å². The summed E-state index contributed by atoms with van der Waals surface area (Å²) in [4.78, 5) is 15.6. The van der Waals surface area contributed by atoms with Crippen molar-refractivity contribution in [3.8, 4) is 5.75 Å². The Labute approximate surface area is 253 Å². The molecule has 6 nitrogen and oxygen atoms in total. The van der Waals surface area contributed by atoms with E-state index >= 15 is 0 Å². The van der Waals surface area contributed by atoms with Crippen LogP contribution >= 0.6 is 24.4 Å². The first-order chi connectivity index (χ1) is 18.4. The number of ether oxygens (including phenoxy) is 3. The first kappa shape index (κ1) is 33.5. The molecule has 0 spiro atoms. The summed E-state index contributed by atoms with van der Waals surface area (Å²) in [7, 11) is -0.485. The van der Waals surface area contributed by atoms with Crippen LogP contribution in [0.25, 0.3) is 0 Å². The SMILES string of the molecule is C=C[C@@H]1O[C@H](c2ccc(OC)cc2)O[C@]1(C)CC[C@@H](CC(=O)N1C[C@@H](C(C)(C)C)S[C@H]1S)O[Si](C)(C)C(C)(C)C. The van der Waals surface area contributed by atoms with E-state index in [1.165, 1.54) is 0 Å². The topological polar surface area (TPSA) is 57.2 Å². The van der Waals surface area contributed by atoms with Gasteiger partial charge in [0.25, 0.3) is 0 Å². The predicted molar refractivity (Wildman–Crippen MR) is 172 cm³/mol. The quantitative estimate of drug-likeness (QED) is 0.166. The number of amides is 1. The summed E-state index contributed by atoms with van der Waals surface area (Å²) in [5.41, 5.74) is 0.434. The third-order valence-corrected chi connectivity index (χ3v) is 15.5. The highest BCUT2D eigenvalue weighted by molar-refractivity contribution is 8.11. The van der Waals surface area contributed by atoms with E-state index in [1.807, 2.05) is 35.2 Å². The molecule has 2 aliphatic heterocycles. The lowest BCUT2D eigenvalue weighted by atomic mass is 9.91. The fraction of sp³-hybridized carbons (Fsp3) is 0.710. The molecule has 0 saturated carbocycles. The van der Waals surface area contributed by atoms with E-state index in [0.29, 0.717) is 31.1 Å². The number of carbonyl (C=O) groups excluding carboxylic acids is 1. The molecule has 2 saturated heterocycles. The van der Waals surface area contributed by atoms with Crippen LogP contribution in [0.4, 0.5) is 0 Å². The summed E-state index contributed by atoms with van der Waals surface area (Å²) >= 11 is 6.54. The van der Waals surface area contributed by atoms with Crippen LogP contribution in [0.1, 0.15) is 79.6 Å². The van der Waals surface area contributed by atoms with Crippen molar-refractivity contribution in [2.45, 2.75) is 120 Å². The summed E-state index contributed by atoms with van der Waals surface area (Å²) in [5.74, 6) is 0.891. The Morgan fingerprint density at radius 2 is 1.88 bits per heavy atom. The van der Waals surface area contributed by atoms with Gasteiger partial charge >= 0.3 is 0 Å². The molecule has 1 aromatic rings. The molecule has 0 aromatic heterocycles. The van der Waals surface area contributed by atoms with Crippen molar-refractivity contribution < 1.29 is 23.4 Å². The predicted octanol–water partition coefficient (Wildman–Crippen LogP) is 7.82. The molecular weight excluding hydrogens is 559 g/mol. The van der Waals surface area contributed by atoms with Crippen LogP contribution in [0.15, 0.2) is 36.9 Å². The van der Waals surface area contributed by atoms with Crippen LogP contribution in [0.2, 0.25) is 18.1 Å². The van der Waals surface area contributed by atoms with Gasteiger partial charge in [-0.1, -0.05) is 59.8 Å². The summed E-state index contributed by atoms with van der Waals surface area (Å²) in [5, 5.41) is 0.381. The molecule has 0 bridgehead atoms. The molecule has 0 aliphatic carbocycles. The third kappa shape index (κ3) is 7.89. The summed E-state index contributed by atoms with van der Waals surface area (Å²) < 4.78 is 24.9. The fourth-order valence-electron chi connectivity index (χ4n) is 4.82. The van der Waals surface area contributed by atoms with Crippen LogP contribution in [-0.4, -0.2) is 60.5 Å². The molecule has 0 radical (unpaired) electrons. The zero-order chi connectivity index (χ0) is 30.1. The minimum absolute atomic E-state index is 0.0290. The second-order valence-corrected chi connectivity index (χ2v) is 20.8. The van der Waals surface area contributed by atoms with Gasteiger partial charge in [-0.05, 0) is 55.4 Å². The Kier molecular flexibility index (Phi) is 10.7. The van der Waals surface area contributed by atoms with Gasteiger partial charge in [-0.25, -0.2) is 0 Å². The lowest BCUT2D eigenvalue weighted by Crippen LogP contribution is -2.46. The van der Waals surface area contributed by atoms with Crippen molar-refractivity contribution in [3.63, 3.8) is 0 Å². The molecule has 1 aromatic carbocycles. The molecule has 6 atom stereocenters. The highest BCUT2D eigenvalue weighted by Gasteiger charge is 2.47. The average molecular weight is 610 g/mol. The van der Waals surface area contributed by atoms with Crippen molar-refractivity contribution >= 4 is 38.6 Å². The van der Waals surface area contributed by atoms with Gasteiger partial charge in [-0.15, -0.1) is 31.0 Å². The molecule has 2 fully saturated rings. The summed E-state index contributed by atoms with van der Waals surface area (Å²) in [6.07, 6.45) is 2.50. The minimum Gasteiger partial charge on any atom is -0.497 e. The van der Waals surface area contributed by atoms with Crippen molar-refractivity contribution in [2.75, 3.05) is 13.7 Å². The molecule has 226 valence electrons. The molecule has 0 N–H and O–H groups in total. The number of nitrogens with zero attached hydrogens (tertiary/aromatic N) is 1. The van der Waals surface area contributed by atoms with Gasteiger partial charge in [-0.3, -0.25) is 4.79 Å². The first-order valence-electron chi connectivity index (χ1n) is 14.3. The van der Waals surface area contributed by atoms with E-state index in [2.05, 4.69) is 68.1 Å². The monoisotopic (exact) mass is 609 g/mol. The van der Waals surface area contributed by atoms with Gasteiger partial charge < -0.3 is 23.5 Å². The number of hydrogen-bond acceptors (Lipinski definition) is 7. The van der Waals surface area contributed by atoms with Gasteiger partial charge in [-0.2, -0.15) is 0 Å². The maximum absolute atomic E-state index is 13.7. The van der Waals surface area contributed by atoms with E-state index in [4.69, 9.17) is 31.3 Å². The number of hydrogen-bond donors (Lipinski definition) is 1. The lowest BCUT2D eigenvalue weighted by Gasteiger charge is -2.40. The van der Waals surface area contributed by atoms with Gasteiger partial charge in [0.2, 0.25) is 5.91 Å². The van der Waals surface area contributed by atoms with Crippen LogP contribution in [0, 0.1) is 5.41 Å². The van der Waals surface area contributed by atoms with Crippen molar-refractivity contribution in [3.05, 3.63) is 42.5 Å². The second kappa shape index (κ2) is 12.7. The number of thiol groups is 1. The molecule has 2 heterocycles. The van der Waals surface area contributed by atoms with E-state index in [1.54, 1.807) is 18.9 Å². The number of thioether (sulfide) groups is 1. The van der Waals surface area contributed by atoms with Crippen LogP contribution in [0.3, 0.4) is 0 Å². The van der Waals surface area contributed by atoms with Gasteiger partial charge in [0.15, 0.2) is 14.6 Å². The highest BCUT2D eigenvalue weighted by atomic mass is 32.2. The standard InChI is InChI=1S/C31H51NO5S2Si/c1-12-24-31(8,36-27(35-24)21-13-15-22(34-9)16-14-21)18-17-23(37-40(10,11)30(5,6)7)19-26(33)32-20-25(29(2,3)4)39-28(32)38/h12-16,23-25,27-28,38H,1,17-20H2,2-11H3/t23-,24-,25-,27-,28+,31+/m0/s1. The molecule has 1 amide bonds.